The Kier molecular flexibility index (Phi) is 6.57. The zero-order chi connectivity index (χ0) is 13.5. The fourth-order valence-electron chi connectivity index (χ4n) is 1.77. The Morgan fingerprint density at radius 1 is 1.33 bits per heavy atom. The first-order chi connectivity index (χ1) is 8.63. The van der Waals surface area contributed by atoms with Gasteiger partial charge < -0.3 is 14.8 Å². The van der Waals surface area contributed by atoms with Crippen LogP contribution in [0.4, 0.5) is 4.39 Å². The second kappa shape index (κ2) is 7.69. The number of benzene rings is 1. The molecule has 0 saturated heterocycles. The van der Waals surface area contributed by atoms with Crippen LogP contribution >= 0.6 is 11.6 Å². The Morgan fingerprint density at radius 2 is 2.00 bits per heavy atom. The summed E-state index contributed by atoms with van der Waals surface area (Å²) in [5.74, 6) is -0.330. The summed E-state index contributed by atoms with van der Waals surface area (Å²) < 4.78 is 23.8. The van der Waals surface area contributed by atoms with Crippen molar-refractivity contribution in [3.8, 4) is 0 Å². The molecule has 1 unspecified atom stereocenters. The molecule has 1 aromatic rings. The van der Waals surface area contributed by atoms with E-state index in [1.54, 1.807) is 14.2 Å². The molecular formula is C13H19ClFNO2. The van der Waals surface area contributed by atoms with E-state index in [-0.39, 0.29) is 11.9 Å². The molecule has 0 aliphatic carbocycles. The van der Waals surface area contributed by atoms with E-state index < -0.39 is 6.29 Å². The molecule has 1 aromatic carbocycles. The zero-order valence-corrected chi connectivity index (χ0v) is 11.6. The molecule has 0 aliphatic rings. The van der Waals surface area contributed by atoms with Crippen LogP contribution in [0.1, 0.15) is 24.9 Å². The van der Waals surface area contributed by atoms with Gasteiger partial charge in [0, 0.05) is 19.2 Å². The van der Waals surface area contributed by atoms with Crippen molar-refractivity contribution < 1.29 is 13.9 Å². The summed E-state index contributed by atoms with van der Waals surface area (Å²) in [5, 5.41) is 3.74. The Labute approximate surface area is 112 Å². The van der Waals surface area contributed by atoms with Crippen LogP contribution in [0.25, 0.3) is 0 Å². The summed E-state index contributed by atoms with van der Waals surface area (Å²) in [5.41, 5.74) is 0.638. The van der Waals surface area contributed by atoms with E-state index in [1.165, 1.54) is 18.2 Å². The van der Waals surface area contributed by atoms with Crippen LogP contribution in [0.5, 0.6) is 0 Å². The van der Waals surface area contributed by atoms with Crippen molar-refractivity contribution in [2.45, 2.75) is 25.7 Å². The highest BCUT2D eigenvalue weighted by atomic mass is 35.5. The van der Waals surface area contributed by atoms with Gasteiger partial charge in [-0.2, -0.15) is 0 Å². The number of ether oxygens (including phenoxy) is 2. The summed E-state index contributed by atoms with van der Waals surface area (Å²) in [6.45, 7) is 2.81. The molecule has 0 heterocycles. The highest BCUT2D eigenvalue weighted by Gasteiger charge is 2.24. The number of nitrogens with one attached hydrogen (secondary N) is 1. The smallest absolute Gasteiger partial charge is 0.176 e. The molecule has 0 spiro atoms. The van der Waals surface area contributed by atoms with E-state index in [2.05, 4.69) is 5.32 Å². The van der Waals surface area contributed by atoms with Crippen LogP contribution < -0.4 is 5.32 Å². The Morgan fingerprint density at radius 3 is 2.56 bits per heavy atom. The third-order valence-corrected chi connectivity index (χ3v) is 2.99. The maximum atomic E-state index is 13.3. The van der Waals surface area contributed by atoms with Crippen LogP contribution in [-0.4, -0.2) is 27.1 Å². The molecule has 102 valence electrons. The fraction of sp³-hybridized carbons (Fsp3) is 0.538. The summed E-state index contributed by atoms with van der Waals surface area (Å²) in [4.78, 5) is 0. The molecule has 1 rings (SSSR count). The monoisotopic (exact) mass is 275 g/mol. The van der Waals surface area contributed by atoms with Gasteiger partial charge in [-0.05, 0) is 36.7 Å². The van der Waals surface area contributed by atoms with E-state index in [1.807, 2.05) is 6.92 Å². The van der Waals surface area contributed by atoms with E-state index in [0.29, 0.717) is 10.6 Å². The van der Waals surface area contributed by atoms with Gasteiger partial charge in [0.15, 0.2) is 6.29 Å². The number of hydrogen-bond acceptors (Lipinski definition) is 3. The summed E-state index contributed by atoms with van der Waals surface area (Å²) >= 11 is 6.11. The lowest BCUT2D eigenvalue weighted by Crippen LogP contribution is -2.35. The van der Waals surface area contributed by atoms with Crippen LogP contribution in [0.3, 0.4) is 0 Å². The van der Waals surface area contributed by atoms with E-state index >= 15 is 0 Å². The summed E-state index contributed by atoms with van der Waals surface area (Å²) in [7, 11) is 3.09. The van der Waals surface area contributed by atoms with E-state index in [4.69, 9.17) is 21.1 Å². The maximum Gasteiger partial charge on any atom is 0.176 e. The first kappa shape index (κ1) is 15.4. The van der Waals surface area contributed by atoms with Gasteiger partial charge in [-0.1, -0.05) is 18.5 Å². The van der Waals surface area contributed by atoms with Gasteiger partial charge in [0.25, 0.3) is 0 Å². The SMILES string of the molecule is CCCNC(c1cc(F)ccc1Cl)C(OC)OC. The van der Waals surface area contributed by atoms with Crippen LogP contribution in [0.2, 0.25) is 5.02 Å². The molecule has 0 saturated carbocycles. The summed E-state index contributed by atoms with van der Waals surface area (Å²) in [6, 6.07) is 3.97. The third kappa shape index (κ3) is 3.92. The Hall–Kier alpha value is -0.680. The quantitative estimate of drug-likeness (QED) is 0.776. The van der Waals surface area contributed by atoms with Crippen LogP contribution in [-0.2, 0) is 9.47 Å². The molecule has 0 bridgehead atoms. The standard InChI is InChI=1S/C13H19ClFNO2/c1-4-7-16-12(13(17-2)18-3)10-8-9(15)5-6-11(10)14/h5-6,8,12-13,16H,4,7H2,1-3H3. The molecule has 0 fully saturated rings. The lowest BCUT2D eigenvalue weighted by molar-refractivity contribution is -0.124. The van der Waals surface area contributed by atoms with Gasteiger partial charge in [-0.3, -0.25) is 0 Å². The minimum atomic E-state index is -0.518. The van der Waals surface area contributed by atoms with Crippen molar-refractivity contribution in [2.75, 3.05) is 20.8 Å². The average Bonchev–Trinajstić information content (AvgIpc) is 2.38. The van der Waals surface area contributed by atoms with Crippen molar-refractivity contribution in [1.82, 2.24) is 5.32 Å². The van der Waals surface area contributed by atoms with Gasteiger partial charge in [0.05, 0.1) is 6.04 Å². The molecule has 1 atom stereocenters. The number of rotatable bonds is 7. The van der Waals surface area contributed by atoms with Gasteiger partial charge in [0.2, 0.25) is 0 Å². The molecule has 0 amide bonds. The van der Waals surface area contributed by atoms with Crippen molar-refractivity contribution in [2.24, 2.45) is 0 Å². The Bertz CT molecular complexity index is 372. The van der Waals surface area contributed by atoms with Gasteiger partial charge in [0.1, 0.15) is 5.82 Å². The van der Waals surface area contributed by atoms with Gasteiger partial charge >= 0.3 is 0 Å². The summed E-state index contributed by atoms with van der Waals surface area (Å²) in [6.07, 6.45) is 0.430. The van der Waals surface area contributed by atoms with Crippen LogP contribution in [0.15, 0.2) is 18.2 Å². The Balaban J connectivity index is 3.03. The minimum Gasteiger partial charge on any atom is -0.354 e. The highest BCUT2D eigenvalue weighted by molar-refractivity contribution is 6.31. The van der Waals surface area contributed by atoms with Crippen molar-refractivity contribution in [3.63, 3.8) is 0 Å². The molecule has 0 radical (unpaired) electrons. The maximum absolute atomic E-state index is 13.3. The van der Waals surface area contributed by atoms with Crippen molar-refractivity contribution in [3.05, 3.63) is 34.6 Å². The topological polar surface area (TPSA) is 30.5 Å². The van der Waals surface area contributed by atoms with E-state index in [0.717, 1.165) is 13.0 Å². The molecule has 3 nitrogen and oxygen atoms in total. The fourth-order valence-corrected chi connectivity index (χ4v) is 2.01. The molecular weight excluding hydrogens is 257 g/mol. The molecule has 0 aromatic heterocycles. The van der Waals surface area contributed by atoms with Crippen LogP contribution in [0, 0.1) is 5.82 Å². The van der Waals surface area contributed by atoms with Crippen molar-refractivity contribution >= 4 is 11.6 Å². The third-order valence-electron chi connectivity index (χ3n) is 2.64. The number of halogens is 2. The van der Waals surface area contributed by atoms with Gasteiger partial charge in [-0.15, -0.1) is 0 Å². The molecule has 5 heteroatoms. The number of hydrogen-bond donors (Lipinski definition) is 1. The minimum absolute atomic E-state index is 0.303. The second-order valence-electron chi connectivity index (χ2n) is 3.94. The van der Waals surface area contributed by atoms with Gasteiger partial charge in [-0.25, -0.2) is 4.39 Å². The average molecular weight is 276 g/mol. The first-order valence-electron chi connectivity index (χ1n) is 5.88. The van der Waals surface area contributed by atoms with E-state index in [9.17, 15) is 4.39 Å². The molecule has 1 N–H and O–H groups in total. The largest absolute Gasteiger partial charge is 0.354 e. The predicted octanol–water partition coefficient (Wildman–Crippen LogP) is 3.14. The van der Waals surface area contributed by atoms with Crippen molar-refractivity contribution in [1.29, 1.82) is 0 Å². The molecule has 18 heavy (non-hydrogen) atoms. The first-order valence-corrected chi connectivity index (χ1v) is 6.25. The molecule has 0 aliphatic heterocycles. The number of methoxy groups -OCH3 is 2. The lowest BCUT2D eigenvalue weighted by atomic mass is 10.1. The zero-order valence-electron chi connectivity index (χ0n) is 10.9. The highest BCUT2D eigenvalue weighted by Crippen LogP contribution is 2.27. The lowest BCUT2D eigenvalue weighted by Gasteiger charge is -2.27. The predicted molar refractivity (Wildman–Crippen MR) is 70.3 cm³/mol. The second-order valence-corrected chi connectivity index (χ2v) is 4.34. The normalized spacial score (nSPS) is 13.0.